The molecule has 0 aromatic carbocycles. The Hall–Kier alpha value is -2.40. The highest BCUT2D eigenvalue weighted by molar-refractivity contribution is 5.33. The van der Waals surface area contributed by atoms with Crippen LogP contribution in [-0.2, 0) is 18.9 Å². The first kappa shape index (κ1) is 55.7. The smallest absolute Gasteiger partial charge is 0.116 e. The van der Waals surface area contributed by atoms with E-state index in [0.717, 1.165) is 48.9 Å². The van der Waals surface area contributed by atoms with Crippen LogP contribution in [0.3, 0.4) is 0 Å². The van der Waals surface area contributed by atoms with E-state index in [0.29, 0.717) is 30.3 Å². The first-order valence-corrected chi connectivity index (χ1v) is 22.3. The second-order valence-electron chi connectivity index (χ2n) is 17.2. The van der Waals surface area contributed by atoms with Crippen molar-refractivity contribution in [2.45, 2.75) is 187 Å². The number of hydrogen-bond acceptors (Lipinski definition) is 4. The maximum Gasteiger partial charge on any atom is 0.116 e. The molecule has 3 heterocycles. The largest absolute Gasteiger partial charge is 0.495 e. The number of allylic oxidation sites excluding steroid dienone is 14. The van der Waals surface area contributed by atoms with Crippen molar-refractivity contribution in [2.24, 2.45) is 23.2 Å². The molecule has 3 aliphatic heterocycles. The summed E-state index contributed by atoms with van der Waals surface area (Å²) in [6, 6.07) is 0. The van der Waals surface area contributed by atoms with Gasteiger partial charge in [-0.25, -0.2) is 0 Å². The van der Waals surface area contributed by atoms with Crippen LogP contribution in [0, 0.1) is 23.2 Å². The zero-order valence-corrected chi connectivity index (χ0v) is 39.8. The van der Waals surface area contributed by atoms with Crippen LogP contribution >= 0.6 is 0 Å². The predicted octanol–water partition coefficient (Wildman–Crippen LogP) is 15.7. The molecule has 0 bridgehead atoms. The molecule has 4 nitrogen and oxygen atoms in total. The van der Waals surface area contributed by atoms with Gasteiger partial charge < -0.3 is 18.9 Å². The zero-order chi connectivity index (χ0) is 43.1. The van der Waals surface area contributed by atoms with Crippen LogP contribution in [0.4, 0.5) is 0 Å². The molecule has 0 radical (unpaired) electrons. The van der Waals surface area contributed by atoms with Gasteiger partial charge in [-0.05, 0) is 120 Å². The van der Waals surface area contributed by atoms with Crippen LogP contribution in [0.25, 0.3) is 0 Å². The van der Waals surface area contributed by atoms with Crippen molar-refractivity contribution in [3.63, 3.8) is 0 Å². The Labute approximate surface area is 349 Å². The highest BCUT2D eigenvalue weighted by Gasteiger charge is 2.26. The van der Waals surface area contributed by atoms with E-state index in [1.807, 2.05) is 52.0 Å². The maximum absolute atomic E-state index is 5.49. The third-order valence-electron chi connectivity index (χ3n) is 9.49. The van der Waals surface area contributed by atoms with Crippen molar-refractivity contribution < 1.29 is 18.9 Å². The van der Waals surface area contributed by atoms with Crippen LogP contribution < -0.4 is 0 Å². The summed E-state index contributed by atoms with van der Waals surface area (Å²) >= 11 is 0. The summed E-state index contributed by atoms with van der Waals surface area (Å²) in [6.07, 6.45) is 29.8. The molecule has 3 saturated heterocycles. The fourth-order valence-corrected chi connectivity index (χ4v) is 4.29. The molecular weight excluding hydrogens is 689 g/mol. The van der Waals surface area contributed by atoms with Crippen LogP contribution in [0.15, 0.2) is 95.4 Å². The third kappa shape index (κ3) is 37.2. The van der Waals surface area contributed by atoms with Crippen molar-refractivity contribution >= 4 is 0 Å². The van der Waals surface area contributed by atoms with E-state index < -0.39 is 0 Å². The molecule has 0 aromatic rings. The minimum Gasteiger partial charge on any atom is -0.495 e. The summed E-state index contributed by atoms with van der Waals surface area (Å²) in [5.74, 6) is 3.63. The molecular formula is C52H92O4. The average Bonchev–Trinajstić information content (AvgIpc) is 3.99. The standard InChI is InChI=1S/C11H16O2.C11H16.C10H14.C6H14.2C4H8O.C4H10.C2H6/c1-4-5-6-9(2)10(3)12-7-11-8-13-11;1-4-5-6-9(2)10(3)11-7-8-11;1-8-4-2-3-5-10(8)9-6-7-9;1-5-6(2,3)4;2*1-2-4-3-5-4;1-4(2)3;1-2/h4-6,11H,1,7-8H2,2-3H3;4-6,11H,1,7-8H2,2-3H3;3,5,9H,2,4,6-7H2,1H3;5H2,1-4H3;2*4H,2-3H2,1H3;4H,1-3H3;1-2H3/b2*6-5-,10-9+;;;;;;. The molecule has 0 aromatic heterocycles. The summed E-state index contributed by atoms with van der Waals surface area (Å²) in [5.41, 5.74) is 7.94. The highest BCUT2D eigenvalue weighted by Crippen LogP contribution is 2.40. The van der Waals surface area contributed by atoms with E-state index >= 15 is 0 Å². The van der Waals surface area contributed by atoms with Crippen molar-refractivity contribution in [2.75, 3.05) is 26.4 Å². The van der Waals surface area contributed by atoms with Crippen LogP contribution in [-0.4, -0.2) is 44.7 Å². The molecule has 0 spiro atoms. The lowest BCUT2D eigenvalue weighted by atomic mass is 9.94. The lowest BCUT2D eigenvalue weighted by Crippen LogP contribution is -2.00. The van der Waals surface area contributed by atoms with Gasteiger partial charge in [0, 0.05) is 0 Å². The Morgan fingerprint density at radius 3 is 1.52 bits per heavy atom. The number of hydrogen-bond donors (Lipinski definition) is 0. The molecule has 4 heteroatoms. The Balaban J connectivity index is 0. The minimum atomic E-state index is 0.325. The molecule has 0 amide bonds. The second-order valence-corrected chi connectivity index (χ2v) is 17.2. The van der Waals surface area contributed by atoms with Crippen LogP contribution in [0.2, 0.25) is 0 Å². The molecule has 0 N–H and O–H groups in total. The fourth-order valence-electron chi connectivity index (χ4n) is 4.29. The van der Waals surface area contributed by atoms with Gasteiger partial charge in [-0.15, -0.1) is 0 Å². The summed E-state index contributed by atoms with van der Waals surface area (Å²) < 4.78 is 20.2. The zero-order valence-electron chi connectivity index (χ0n) is 39.8. The predicted molar refractivity (Wildman–Crippen MR) is 249 cm³/mol. The van der Waals surface area contributed by atoms with Crippen LogP contribution in [0.5, 0.6) is 0 Å². The summed E-state index contributed by atoms with van der Waals surface area (Å²) in [5, 5.41) is 0. The SMILES string of the molecule is C=C/C=C\C(C)=C(/C)C1CC1.C=C/C=C\C(C)=C(/C)OCC1CO1.CC.CC(C)C.CC1=C(C2CC2)C=CCC1.CCC(C)(C)C.CCC1CO1.CCC1CO1. The van der Waals surface area contributed by atoms with E-state index in [2.05, 4.69) is 114 Å². The molecule has 6 aliphatic rings. The Kier molecular flexibility index (Phi) is 33.4. The van der Waals surface area contributed by atoms with E-state index in [1.54, 1.807) is 22.8 Å². The quantitative estimate of drug-likeness (QED) is 0.119. The van der Waals surface area contributed by atoms with Crippen molar-refractivity contribution in [3.05, 3.63) is 95.4 Å². The van der Waals surface area contributed by atoms with Gasteiger partial charge in [-0.3, -0.25) is 0 Å². The summed E-state index contributed by atoms with van der Waals surface area (Å²) in [4.78, 5) is 0. The van der Waals surface area contributed by atoms with Gasteiger partial charge in [0.2, 0.25) is 0 Å². The Bertz CT molecular complexity index is 1180. The van der Waals surface area contributed by atoms with Crippen molar-refractivity contribution in [1.82, 2.24) is 0 Å². The van der Waals surface area contributed by atoms with Gasteiger partial charge in [-0.2, -0.15) is 0 Å². The molecule has 5 fully saturated rings. The molecule has 3 atom stereocenters. The molecule has 56 heavy (non-hydrogen) atoms. The van der Waals surface area contributed by atoms with Gasteiger partial charge in [-0.1, -0.05) is 161 Å². The number of ether oxygens (including phenoxy) is 4. The van der Waals surface area contributed by atoms with Gasteiger partial charge in [0.25, 0.3) is 0 Å². The van der Waals surface area contributed by atoms with Crippen molar-refractivity contribution in [1.29, 1.82) is 0 Å². The normalized spacial score (nSPS) is 22.0. The summed E-state index contributed by atoms with van der Waals surface area (Å²) in [6.45, 7) is 45.2. The van der Waals surface area contributed by atoms with Gasteiger partial charge >= 0.3 is 0 Å². The van der Waals surface area contributed by atoms with E-state index in [4.69, 9.17) is 18.9 Å². The van der Waals surface area contributed by atoms with Gasteiger partial charge in [0.05, 0.1) is 37.8 Å². The molecule has 6 rings (SSSR count). The molecule has 3 unspecified atom stereocenters. The average molecular weight is 781 g/mol. The molecule has 2 saturated carbocycles. The van der Waals surface area contributed by atoms with E-state index in [1.165, 1.54) is 63.4 Å². The first-order valence-electron chi connectivity index (χ1n) is 22.3. The fraction of sp³-hybridized carbons (Fsp3) is 0.692. The lowest BCUT2D eigenvalue weighted by Gasteiger charge is -2.12. The molecule has 3 aliphatic carbocycles. The van der Waals surface area contributed by atoms with E-state index in [9.17, 15) is 0 Å². The van der Waals surface area contributed by atoms with Gasteiger partial charge in [0.15, 0.2) is 0 Å². The van der Waals surface area contributed by atoms with E-state index in [-0.39, 0.29) is 0 Å². The topological polar surface area (TPSA) is 46.8 Å². The lowest BCUT2D eigenvalue weighted by molar-refractivity contribution is 0.182. The first-order chi connectivity index (χ1) is 26.5. The molecule has 324 valence electrons. The monoisotopic (exact) mass is 781 g/mol. The third-order valence-corrected chi connectivity index (χ3v) is 9.49. The highest BCUT2D eigenvalue weighted by atomic mass is 16.6. The number of rotatable bonds is 11. The van der Waals surface area contributed by atoms with Crippen molar-refractivity contribution in [3.8, 4) is 0 Å². The number of epoxide rings is 3. The second kappa shape index (κ2) is 33.6. The Morgan fingerprint density at radius 2 is 1.21 bits per heavy atom. The minimum absolute atomic E-state index is 0.325. The van der Waals surface area contributed by atoms with Gasteiger partial charge in [0.1, 0.15) is 12.7 Å². The maximum atomic E-state index is 5.49. The van der Waals surface area contributed by atoms with Crippen LogP contribution in [0.1, 0.15) is 169 Å². The Morgan fingerprint density at radius 1 is 0.786 bits per heavy atom. The summed E-state index contributed by atoms with van der Waals surface area (Å²) in [7, 11) is 0.